The van der Waals surface area contributed by atoms with Crippen molar-refractivity contribution in [3.05, 3.63) is 113 Å². The largest absolute Gasteiger partial charge is 0.378 e. The molecule has 0 saturated carbocycles. The molecule has 2 saturated heterocycles. The number of ether oxygens (including phenoxy) is 2. The van der Waals surface area contributed by atoms with Crippen molar-refractivity contribution < 1.29 is 28.2 Å². The number of morpholine rings is 1. The molecule has 12 nitrogen and oxygen atoms in total. The summed E-state index contributed by atoms with van der Waals surface area (Å²) in [5, 5.41) is 5.72. The maximum atomic E-state index is 14.9. The third-order valence-electron chi connectivity index (χ3n) is 9.63. The van der Waals surface area contributed by atoms with Crippen molar-refractivity contribution in [3.8, 4) is 0 Å². The lowest BCUT2D eigenvalue weighted by Crippen LogP contribution is -2.63. The molecule has 0 aliphatic carbocycles. The number of hydrogen-bond acceptors (Lipinski definition) is 8. The van der Waals surface area contributed by atoms with E-state index < -0.39 is 11.7 Å². The van der Waals surface area contributed by atoms with Gasteiger partial charge in [0.15, 0.2) is 5.82 Å². The Morgan fingerprint density at radius 2 is 1.60 bits per heavy atom. The van der Waals surface area contributed by atoms with E-state index in [0.29, 0.717) is 76.2 Å². The predicted molar refractivity (Wildman–Crippen MR) is 185 cm³/mol. The standard InChI is InChI=1S/C37H40FN7O5/c1-42(2)36(48)27-7-3-26(4-8-27)22-44-13-14-45-32(37(44)23-50-24-37)21-39-33(45)35(47)40-20-25-5-9-28(10-6-25)41-34(46)30-12-11-29(19-31(30)38)43-15-17-49-18-16-43/h3-12,19,21H,13-18,20,22-24H2,1-2H3,(H,40,47)(H,41,46). The lowest BCUT2D eigenvalue weighted by atomic mass is 9.88. The molecule has 260 valence electrons. The van der Waals surface area contributed by atoms with E-state index in [-0.39, 0.29) is 29.5 Å². The highest BCUT2D eigenvalue weighted by atomic mass is 19.1. The number of nitrogens with one attached hydrogen (secondary N) is 2. The minimum atomic E-state index is -0.584. The number of halogens is 1. The number of fused-ring (bicyclic) bond motifs is 2. The topological polar surface area (TPSA) is 121 Å². The molecule has 0 atom stereocenters. The van der Waals surface area contributed by atoms with Crippen molar-refractivity contribution in [1.82, 2.24) is 24.7 Å². The Morgan fingerprint density at radius 3 is 2.26 bits per heavy atom. The number of benzene rings is 3. The average Bonchev–Trinajstić information content (AvgIpc) is 3.55. The van der Waals surface area contributed by atoms with Crippen LogP contribution in [0.3, 0.4) is 0 Å². The Labute approximate surface area is 289 Å². The number of carbonyl (C=O) groups excluding carboxylic acids is 3. The van der Waals surface area contributed by atoms with Crippen LogP contribution in [0.15, 0.2) is 72.9 Å². The fourth-order valence-electron chi connectivity index (χ4n) is 6.71. The zero-order valence-electron chi connectivity index (χ0n) is 28.2. The quantitative estimate of drug-likeness (QED) is 0.276. The maximum absolute atomic E-state index is 14.9. The molecule has 4 aromatic rings. The monoisotopic (exact) mass is 681 g/mol. The van der Waals surface area contributed by atoms with Gasteiger partial charge in [0.05, 0.1) is 43.9 Å². The van der Waals surface area contributed by atoms with Gasteiger partial charge in [-0.2, -0.15) is 0 Å². The van der Waals surface area contributed by atoms with Crippen LogP contribution in [-0.4, -0.2) is 97.2 Å². The first-order valence-corrected chi connectivity index (χ1v) is 16.7. The van der Waals surface area contributed by atoms with Gasteiger partial charge in [0.25, 0.3) is 17.7 Å². The van der Waals surface area contributed by atoms with E-state index in [9.17, 15) is 18.8 Å². The Morgan fingerprint density at radius 1 is 0.880 bits per heavy atom. The van der Waals surface area contributed by atoms with Crippen LogP contribution in [0.5, 0.6) is 0 Å². The molecule has 2 N–H and O–H groups in total. The van der Waals surface area contributed by atoms with E-state index in [4.69, 9.17) is 9.47 Å². The summed E-state index contributed by atoms with van der Waals surface area (Å²) in [6.45, 7) is 5.80. The van der Waals surface area contributed by atoms with E-state index in [1.807, 2.05) is 33.7 Å². The summed E-state index contributed by atoms with van der Waals surface area (Å²) in [4.78, 5) is 49.0. The second-order valence-corrected chi connectivity index (χ2v) is 13.1. The lowest BCUT2D eigenvalue weighted by molar-refractivity contribution is -0.162. The van der Waals surface area contributed by atoms with Crippen molar-refractivity contribution in [2.24, 2.45) is 0 Å². The number of nitrogens with zero attached hydrogens (tertiary/aromatic N) is 5. The molecule has 1 aromatic heterocycles. The van der Waals surface area contributed by atoms with Crippen LogP contribution in [0.2, 0.25) is 0 Å². The average molecular weight is 682 g/mol. The number of amides is 3. The molecule has 0 radical (unpaired) electrons. The highest BCUT2D eigenvalue weighted by molar-refractivity contribution is 6.04. The SMILES string of the molecule is CN(C)C(=O)c1ccc(CN2CCn3c(cnc3C(=O)NCc3ccc(NC(=O)c4ccc(N5CCOCC5)cc4F)cc3)C23COC3)cc1. The van der Waals surface area contributed by atoms with Crippen molar-refractivity contribution >= 4 is 29.1 Å². The van der Waals surface area contributed by atoms with Crippen LogP contribution >= 0.6 is 0 Å². The molecule has 7 rings (SSSR count). The van der Waals surface area contributed by atoms with Crippen LogP contribution < -0.4 is 15.5 Å². The number of aromatic nitrogens is 2. The van der Waals surface area contributed by atoms with E-state index >= 15 is 0 Å². The zero-order chi connectivity index (χ0) is 34.8. The Bertz CT molecular complexity index is 1880. The van der Waals surface area contributed by atoms with Gasteiger partial charge in [-0.05, 0) is 53.6 Å². The van der Waals surface area contributed by atoms with E-state index in [0.717, 1.165) is 22.5 Å². The minimum Gasteiger partial charge on any atom is -0.378 e. The van der Waals surface area contributed by atoms with Crippen molar-refractivity contribution in [2.45, 2.75) is 25.2 Å². The lowest BCUT2D eigenvalue weighted by Gasteiger charge is -2.52. The maximum Gasteiger partial charge on any atom is 0.287 e. The summed E-state index contributed by atoms with van der Waals surface area (Å²) in [5.74, 6) is -1.09. The smallest absolute Gasteiger partial charge is 0.287 e. The Balaban J connectivity index is 0.950. The van der Waals surface area contributed by atoms with Gasteiger partial charge in [0.2, 0.25) is 0 Å². The molecule has 4 heterocycles. The molecule has 3 amide bonds. The summed E-state index contributed by atoms with van der Waals surface area (Å²) >= 11 is 0. The molecule has 0 bridgehead atoms. The third kappa shape index (κ3) is 6.59. The summed E-state index contributed by atoms with van der Waals surface area (Å²) in [6, 6.07) is 19.4. The van der Waals surface area contributed by atoms with Crippen molar-refractivity contribution in [2.75, 3.05) is 70.4 Å². The van der Waals surface area contributed by atoms with E-state index in [2.05, 4.69) is 20.5 Å². The molecule has 13 heteroatoms. The fourth-order valence-corrected chi connectivity index (χ4v) is 6.71. The summed E-state index contributed by atoms with van der Waals surface area (Å²) in [7, 11) is 3.47. The number of rotatable bonds is 9. The van der Waals surface area contributed by atoms with Gasteiger partial charge in [-0.3, -0.25) is 19.3 Å². The number of anilines is 2. The van der Waals surface area contributed by atoms with E-state index in [1.54, 1.807) is 55.5 Å². The van der Waals surface area contributed by atoms with E-state index in [1.165, 1.54) is 12.1 Å². The zero-order valence-corrected chi connectivity index (χ0v) is 28.2. The number of imidazole rings is 1. The number of hydrogen-bond donors (Lipinski definition) is 2. The highest BCUT2D eigenvalue weighted by Gasteiger charge is 2.50. The highest BCUT2D eigenvalue weighted by Crippen LogP contribution is 2.40. The molecule has 50 heavy (non-hydrogen) atoms. The van der Waals surface area contributed by atoms with Gasteiger partial charge in [0.1, 0.15) is 11.4 Å². The second kappa shape index (κ2) is 14.0. The molecule has 1 spiro atoms. The number of carbonyl (C=O) groups is 3. The summed E-state index contributed by atoms with van der Waals surface area (Å²) in [6.07, 6.45) is 1.78. The van der Waals surface area contributed by atoms with Crippen LogP contribution in [-0.2, 0) is 34.6 Å². The first kappa shape index (κ1) is 33.4. The summed E-state index contributed by atoms with van der Waals surface area (Å²) in [5.41, 5.74) is 4.34. The van der Waals surface area contributed by atoms with Gasteiger partial charge >= 0.3 is 0 Å². The van der Waals surface area contributed by atoms with Crippen molar-refractivity contribution in [3.63, 3.8) is 0 Å². The van der Waals surface area contributed by atoms with Gasteiger partial charge < -0.3 is 34.5 Å². The van der Waals surface area contributed by atoms with Gasteiger partial charge in [-0.15, -0.1) is 0 Å². The third-order valence-corrected chi connectivity index (χ3v) is 9.63. The van der Waals surface area contributed by atoms with Gasteiger partial charge in [-0.25, -0.2) is 9.37 Å². The molecule has 2 fully saturated rings. The first-order chi connectivity index (χ1) is 24.2. The van der Waals surface area contributed by atoms with Crippen LogP contribution in [0, 0.1) is 5.82 Å². The molecule has 3 aliphatic rings. The van der Waals surface area contributed by atoms with Crippen LogP contribution in [0.25, 0.3) is 0 Å². The molecular weight excluding hydrogens is 641 g/mol. The second-order valence-electron chi connectivity index (χ2n) is 13.1. The summed E-state index contributed by atoms with van der Waals surface area (Å²) < 4.78 is 27.9. The Hall–Kier alpha value is -5.11. The molecular formula is C37H40FN7O5. The first-order valence-electron chi connectivity index (χ1n) is 16.7. The minimum absolute atomic E-state index is 0.0335. The molecule has 0 unspecified atom stereocenters. The van der Waals surface area contributed by atoms with Crippen molar-refractivity contribution in [1.29, 1.82) is 0 Å². The normalized spacial score (nSPS) is 16.7. The van der Waals surface area contributed by atoms with Crippen LogP contribution in [0.1, 0.15) is 48.2 Å². The molecule has 3 aromatic carbocycles. The van der Waals surface area contributed by atoms with Gasteiger partial charge in [0, 0.05) is 70.3 Å². The molecule has 3 aliphatic heterocycles. The van der Waals surface area contributed by atoms with Crippen LogP contribution in [0.4, 0.5) is 15.8 Å². The van der Waals surface area contributed by atoms with Gasteiger partial charge in [-0.1, -0.05) is 24.3 Å². The Kier molecular flexibility index (Phi) is 9.36. The fraction of sp³-hybridized carbons (Fsp3) is 0.351. The predicted octanol–water partition coefficient (Wildman–Crippen LogP) is 3.48.